The van der Waals surface area contributed by atoms with Gasteiger partial charge >= 0.3 is 0 Å². The Morgan fingerprint density at radius 3 is 2.78 bits per heavy atom. The Labute approximate surface area is 157 Å². The summed E-state index contributed by atoms with van der Waals surface area (Å²) in [4.78, 5) is 33.0. The van der Waals surface area contributed by atoms with Gasteiger partial charge in [0, 0.05) is 36.0 Å². The number of aryl methyl sites for hydroxylation is 2. The van der Waals surface area contributed by atoms with Crippen molar-refractivity contribution < 1.29 is 9.21 Å². The van der Waals surface area contributed by atoms with Crippen LogP contribution in [-0.4, -0.2) is 33.9 Å². The molecule has 3 aromatic rings. The molecule has 27 heavy (non-hydrogen) atoms. The summed E-state index contributed by atoms with van der Waals surface area (Å²) < 4.78 is 5.67. The second-order valence-electron chi connectivity index (χ2n) is 7.38. The minimum atomic E-state index is -0.129. The van der Waals surface area contributed by atoms with Gasteiger partial charge in [-0.3, -0.25) is 9.59 Å². The van der Waals surface area contributed by atoms with Crippen molar-refractivity contribution in [2.45, 2.75) is 39.0 Å². The predicted molar refractivity (Wildman–Crippen MR) is 103 cm³/mol. The van der Waals surface area contributed by atoms with Gasteiger partial charge in [0.1, 0.15) is 5.58 Å². The highest BCUT2D eigenvalue weighted by atomic mass is 16.3. The maximum Gasteiger partial charge on any atom is 0.250 e. The second-order valence-corrected chi connectivity index (χ2v) is 7.38. The molecule has 3 heterocycles. The van der Waals surface area contributed by atoms with Crippen molar-refractivity contribution in [3.8, 4) is 0 Å². The molecule has 0 bridgehead atoms. The summed E-state index contributed by atoms with van der Waals surface area (Å²) in [5, 5.41) is 1.05. The van der Waals surface area contributed by atoms with Gasteiger partial charge in [-0.1, -0.05) is 6.07 Å². The number of carbonyl (C=O) groups excluding carboxylic acids is 1. The lowest BCUT2D eigenvalue weighted by Gasteiger charge is -2.31. The number of nitrogens with zero attached hydrogens (tertiary/aromatic N) is 2. The van der Waals surface area contributed by atoms with Gasteiger partial charge in [0.2, 0.25) is 5.91 Å². The summed E-state index contributed by atoms with van der Waals surface area (Å²) in [6.07, 6.45) is 5.16. The molecule has 1 amide bonds. The van der Waals surface area contributed by atoms with E-state index in [2.05, 4.69) is 23.0 Å². The highest BCUT2D eigenvalue weighted by molar-refractivity contribution is 5.90. The summed E-state index contributed by atoms with van der Waals surface area (Å²) in [5.41, 5.74) is 4.78. The number of likely N-dealkylation sites (tertiary alicyclic amines) is 1. The van der Waals surface area contributed by atoms with Gasteiger partial charge in [-0.15, -0.1) is 0 Å². The van der Waals surface area contributed by atoms with Crippen molar-refractivity contribution in [3.05, 3.63) is 63.5 Å². The van der Waals surface area contributed by atoms with Crippen molar-refractivity contribution in [1.82, 2.24) is 14.9 Å². The largest absolute Gasteiger partial charge is 0.464 e. The lowest BCUT2D eigenvalue weighted by molar-refractivity contribution is -0.131. The van der Waals surface area contributed by atoms with Gasteiger partial charge in [-0.2, -0.15) is 0 Å². The Bertz CT molecular complexity index is 1040. The average Bonchev–Trinajstić information content (AvgIpc) is 3.04. The summed E-state index contributed by atoms with van der Waals surface area (Å²) >= 11 is 0. The van der Waals surface area contributed by atoms with E-state index in [-0.39, 0.29) is 17.4 Å². The minimum absolute atomic E-state index is 0.120. The summed E-state index contributed by atoms with van der Waals surface area (Å²) in [7, 11) is 0. The first kappa shape index (κ1) is 17.5. The van der Waals surface area contributed by atoms with Crippen LogP contribution in [0.15, 0.2) is 40.0 Å². The van der Waals surface area contributed by atoms with Crippen molar-refractivity contribution in [2.75, 3.05) is 13.1 Å². The molecule has 1 saturated heterocycles. The maximum atomic E-state index is 12.8. The van der Waals surface area contributed by atoms with Crippen LogP contribution in [0, 0.1) is 13.8 Å². The fourth-order valence-electron chi connectivity index (χ4n) is 4.06. The Balaban J connectivity index is 1.44. The molecule has 0 radical (unpaired) electrons. The van der Waals surface area contributed by atoms with Crippen LogP contribution in [0.5, 0.6) is 0 Å². The summed E-state index contributed by atoms with van der Waals surface area (Å²) in [6, 6.07) is 5.69. The van der Waals surface area contributed by atoms with Crippen molar-refractivity contribution in [3.63, 3.8) is 0 Å². The molecular weight excluding hydrogens is 342 g/mol. The van der Waals surface area contributed by atoms with E-state index in [4.69, 9.17) is 4.42 Å². The van der Waals surface area contributed by atoms with E-state index in [1.807, 2.05) is 17.9 Å². The van der Waals surface area contributed by atoms with Gasteiger partial charge in [-0.25, -0.2) is 4.98 Å². The third-order valence-electron chi connectivity index (χ3n) is 5.40. The van der Waals surface area contributed by atoms with E-state index >= 15 is 0 Å². The zero-order valence-corrected chi connectivity index (χ0v) is 15.6. The Morgan fingerprint density at radius 2 is 2.04 bits per heavy atom. The number of benzene rings is 1. The van der Waals surface area contributed by atoms with Gasteiger partial charge < -0.3 is 14.3 Å². The quantitative estimate of drug-likeness (QED) is 0.774. The number of rotatable bonds is 3. The highest BCUT2D eigenvalue weighted by Gasteiger charge is 2.25. The van der Waals surface area contributed by atoms with Crippen LogP contribution < -0.4 is 5.56 Å². The molecule has 6 heteroatoms. The number of amides is 1. The first-order valence-electron chi connectivity index (χ1n) is 9.31. The molecule has 1 N–H and O–H groups in total. The molecule has 6 nitrogen and oxygen atoms in total. The van der Waals surface area contributed by atoms with E-state index in [0.29, 0.717) is 19.5 Å². The van der Waals surface area contributed by atoms with Gasteiger partial charge in [0.25, 0.3) is 5.56 Å². The number of hydrogen-bond acceptors (Lipinski definition) is 4. The number of furan rings is 1. The molecule has 1 aliphatic heterocycles. The molecule has 0 saturated carbocycles. The Morgan fingerprint density at radius 1 is 1.26 bits per heavy atom. The maximum absolute atomic E-state index is 12.8. The standard InChI is InChI=1S/C21H23N3O3/c1-13-7-14(2)21-16(11-27-18(21)8-13)9-20(26)24-5-3-15(4-6-24)17-10-19(25)23-12-22-17/h7-8,10-12,15H,3-6,9H2,1-2H3,(H,22,23,25). The van der Waals surface area contributed by atoms with Crippen LogP contribution in [-0.2, 0) is 11.2 Å². The van der Waals surface area contributed by atoms with Gasteiger partial charge in [0.15, 0.2) is 0 Å². The predicted octanol–water partition coefficient (Wildman–Crippen LogP) is 3.08. The number of aromatic nitrogens is 2. The molecule has 0 atom stereocenters. The first-order valence-corrected chi connectivity index (χ1v) is 9.31. The number of fused-ring (bicyclic) bond motifs is 1. The zero-order valence-electron chi connectivity index (χ0n) is 15.6. The number of hydrogen-bond donors (Lipinski definition) is 1. The zero-order chi connectivity index (χ0) is 19.0. The third-order valence-corrected chi connectivity index (χ3v) is 5.40. The van der Waals surface area contributed by atoms with E-state index in [1.165, 1.54) is 6.33 Å². The van der Waals surface area contributed by atoms with Crippen LogP contribution in [0.1, 0.15) is 41.1 Å². The normalized spacial score (nSPS) is 15.4. The number of aromatic amines is 1. The molecule has 1 aromatic carbocycles. The van der Waals surface area contributed by atoms with Crippen LogP contribution >= 0.6 is 0 Å². The van der Waals surface area contributed by atoms with Crippen molar-refractivity contribution >= 4 is 16.9 Å². The van der Waals surface area contributed by atoms with Crippen LogP contribution in [0.3, 0.4) is 0 Å². The van der Waals surface area contributed by atoms with Crippen molar-refractivity contribution in [2.24, 2.45) is 0 Å². The minimum Gasteiger partial charge on any atom is -0.464 e. The van der Waals surface area contributed by atoms with Crippen LogP contribution in [0.25, 0.3) is 11.0 Å². The third kappa shape index (κ3) is 3.52. The van der Waals surface area contributed by atoms with Crippen LogP contribution in [0.4, 0.5) is 0 Å². The van der Waals surface area contributed by atoms with E-state index < -0.39 is 0 Å². The van der Waals surface area contributed by atoms with E-state index in [0.717, 1.165) is 46.2 Å². The lowest BCUT2D eigenvalue weighted by atomic mass is 9.93. The first-order chi connectivity index (χ1) is 13.0. The Hall–Kier alpha value is -2.89. The van der Waals surface area contributed by atoms with E-state index in [1.54, 1.807) is 12.3 Å². The van der Waals surface area contributed by atoms with E-state index in [9.17, 15) is 9.59 Å². The molecule has 0 spiro atoms. The molecule has 0 unspecified atom stereocenters. The molecule has 1 fully saturated rings. The van der Waals surface area contributed by atoms with Gasteiger partial charge in [0.05, 0.1) is 24.7 Å². The second kappa shape index (κ2) is 7.02. The summed E-state index contributed by atoms with van der Waals surface area (Å²) in [5.74, 6) is 0.353. The number of carbonyl (C=O) groups is 1. The summed E-state index contributed by atoms with van der Waals surface area (Å²) in [6.45, 7) is 5.47. The fourth-order valence-corrected chi connectivity index (χ4v) is 4.06. The number of piperidine rings is 1. The lowest BCUT2D eigenvalue weighted by Crippen LogP contribution is -2.39. The highest BCUT2D eigenvalue weighted by Crippen LogP contribution is 2.29. The Kier molecular flexibility index (Phi) is 4.56. The van der Waals surface area contributed by atoms with Crippen LogP contribution in [0.2, 0.25) is 0 Å². The molecule has 4 rings (SSSR count). The van der Waals surface area contributed by atoms with Crippen molar-refractivity contribution in [1.29, 1.82) is 0 Å². The smallest absolute Gasteiger partial charge is 0.250 e. The molecule has 140 valence electrons. The molecule has 0 aliphatic carbocycles. The molecule has 2 aromatic heterocycles. The topological polar surface area (TPSA) is 79.2 Å². The number of nitrogens with one attached hydrogen (secondary N) is 1. The average molecular weight is 365 g/mol. The fraction of sp³-hybridized carbons (Fsp3) is 0.381. The number of H-pyrrole nitrogens is 1. The monoisotopic (exact) mass is 365 g/mol. The molecule has 1 aliphatic rings. The molecular formula is C21H23N3O3. The van der Waals surface area contributed by atoms with Gasteiger partial charge in [-0.05, 0) is 43.9 Å². The SMILES string of the molecule is Cc1cc(C)c2c(CC(=O)N3CCC(c4cc(=O)[nH]cn4)CC3)coc2c1.